The van der Waals surface area contributed by atoms with Gasteiger partial charge in [-0.1, -0.05) is 0 Å². The molecular formula is C21H24N6O4. The Bertz CT molecular complexity index is 1110. The summed E-state index contributed by atoms with van der Waals surface area (Å²) >= 11 is 0. The maximum absolute atomic E-state index is 12.2. The molecule has 0 saturated carbocycles. The number of benzene rings is 1. The van der Waals surface area contributed by atoms with E-state index in [9.17, 15) is 14.9 Å². The monoisotopic (exact) mass is 424 g/mol. The Morgan fingerprint density at radius 1 is 1.06 bits per heavy atom. The lowest BCUT2D eigenvalue weighted by Crippen LogP contribution is -2.50. The van der Waals surface area contributed by atoms with Gasteiger partial charge in [0.25, 0.3) is 5.69 Å². The number of rotatable bonds is 3. The molecule has 0 N–H and O–H groups in total. The van der Waals surface area contributed by atoms with Crippen LogP contribution >= 0.6 is 0 Å². The van der Waals surface area contributed by atoms with Crippen LogP contribution in [0.3, 0.4) is 0 Å². The Kier molecular flexibility index (Phi) is 5.22. The highest BCUT2D eigenvalue weighted by Gasteiger charge is 2.26. The normalized spacial score (nSPS) is 14.7. The zero-order valence-corrected chi connectivity index (χ0v) is 17.7. The largest absolute Gasteiger partial charge is 0.444 e. The lowest BCUT2D eigenvalue weighted by atomic mass is 10.2. The summed E-state index contributed by atoms with van der Waals surface area (Å²) in [6.07, 6.45) is 4.90. The van der Waals surface area contributed by atoms with Gasteiger partial charge in [-0.05, 0) is 32.9 Å². The summed E-state index contributed by atoms with van der Waals surface area (Å²) in [5, 5.41) is 11.7. The Labute approximate surface area is 179 Å². The Balaban J connectivity index is 1.44. The van der Waals surface area contributed by atoms with E-state index in [0.29, 0.717) is 32.0 Å². The van der Waals surface area contributed by atoms with Gasteiger partial charge >= 0.3 is 6.09 Å². The third-order valence-electron chi connectivity index (χ3n) is 5.01. The van der Waals surface area contributed by atoms with Gasteiger partial charge in [-0.3, -0.25) is 14.7 Å². The van der Waals surface area contributed by atoms with Gasteiger partial charge in [-0.25, -0.2) is 14.8 Å². The van der Waals surface area contributed by atoms with E-state index >= 15 is 0 Å². The molecule has 0 bridgehead atoms. The molecule has 1 saturated heterocycles. The molecular weight excluding hydrogens is 400 g/mol. The molecule has 1 aromatic carbocycles. The number of fused-ring (bicyclic) bond motifs is 1. The average molecular weight is 424 g/mol. The van der Waals surface area contributed by atoms with E-state index in [1.165, 1.54) is 12.1 Å². The zero-order chi connectivity index (χ0) is 22.2. The molecule has 4 rings (SSSR count). The number of hydrogen-bond acceptors (Lipinski definition) is 7. The van der Waals surface area contributed by atoms with Crippen LogP contribution in [0.4, 0.5) is 16.3 Å². The van der Waals surface area contributed by atoms with Crippen LogP contribution in [-0.4, -0.2) is 62.2 Å². The standard InChI is InChI=1S/C21H24N6O4/c1-21(2,3)31-20(28)25-10-8-24(9-11-25)18-13-23-19(14-22-18)26-7-6-15-12-16(27(29)30)4-5-17(15)26/h4-7,12-14H,8-11H2,1-3H3. The van der Waals surface area contributed by atoms with Crippen molar-refractivity contribution < 1.29 is 14.5 Å². The summed E-state index contributed by atoms with van der Waals surface area (Å²) in [5.74, 6) is 1.36. The number of nitrogens with zero attached hydrogens (tertiary/aromatic N) is 6. The summed E-state index contributed by atoms with van der Waals surface area (Å²) < 4.78 is 7.27. The van der Waals surface area contributed by atoms with E-state index in [1.54, 1.807) is 23.4 Å². The molecule has 1 fully saturated rings. The van der Waals surface area contributed by atoms with Gasteiger partial charge in [0.05, 0.1) is 22.8 Å². The minimum absolute atomic E-state index is 0.0530. The van der Waals surface area contributed by atoms with Gasteiger partial charge in [0, 0.05) is 49.9 Å². The number of anilines is 1. The van der Waals surface area contributed by atoms with Crippen LogP contribution in [0.1, 0.15) is 20.8 Å². The van der Waals surface area contributed by atoms with Crippen molar-refractivity contribution >= 4 is 28.5 Å². The second-order valence-electron chi connectivity index (χ2n) is 8.37. The van der Waals surface area contributed by atoms with Crippen LogP contribution in [-0.2, 0) is 4.74 Å². The van der Waals surface area contributed by atoms with Gasteiger partial charge in [0.2, 0.25) is 0 Å². The number of amides is 1. The van der Waals surface area contributed by atoms with Crippen molar-refractivity contribution in [2.24, 2.45) is 0 Å². The summed E-state index contributed by atoms with van der Waals surface area (Å²) in [6, 6.07) is 6.54. The summed E-state index contributed by atoms with van der Waals surface area (Å²) in [7, 11) is 0. The first-order chi connectivity index (χ1) is 14.7. The highest BCUT2D eigenvalue weighted by atomic mass is 16.6. The number of aromatic nitrogens is 3. The molecule has 162 valence electrons. The van der Waals surface area contributed by atoms with Crippen molar-refractivity contribution in [3.63, 3.8) is 0 Å². The number of carbonyl (C=O) groups is 1. The van der Waals surface area contributed by atoms with Gasteiger partial charge in [0.15, 0.2) is 5.82 Å². The smallest absolute Gasteiger partial charge is 0.410 e. The third kappa shape index (κ3) is 4.42. The summed E-state index contributed by atoms with van der Waals surface area (Å²) in [4.78, 5) is 35.6. The van der Waals surface area contributed by atoms with Crippen LogP contribution in [0, 0.1) is 10.1 Å². The zero-order valence-electron chi connectivity index (χ0n) is 17.7. The first-order valence-corrected chi connectivity index (χ1v) is 10.0. The molecule has 1 aliphatic heterocycles. The molecule has 0 radical (unpaired) electrons. The topological polar surface area (TPSA) is 107 Å². The average Bonchev–Trinajstić information content (AvgIpc) is 3.16. The number of ether oxygens (including phenoxy) is 1. The number of nitro groups is 1. The number of hydrogen-bond donors (Lipinski definition) is 0. The summed E-state index contributed by atoms with van der Waals surface area (Å²) in [6.45, 7) is 7.96. The molecule has 3 aromatic rings. The fourth-order valence-electron chi connectivity index (χ4n) is 3.49. The second-order valence-corrected chi connectivity index (χ2v) is 8.37. The molecule has 1 aliphatic rings. The van der Waals surface area contributed by atoms with Crippen molar-refractivity contribution in [3.05, 3.63) is 53.0 Å². The molecule has 0 unspecified atom stereocenters. The van der Waals surface area contributed by atoms with Gasteiger partial charge in [-0.15, -0.1) is 0 Å². The predicted molar refractivity (Wildman–Crippen MR) is 116 cm³/mol. The van der Waals surface area contributed by atoms with Crippen LogP contribution < -0.4 is 4.90 Å². The van der Waals surface area contributed by atoms with E-state index in [-0.39, 0.29) is 11.8 Å². The van der Waals surface area contributed by atoms with Crippen LogP contribution in [0.15, 0.2) is 42.9 Å². The molecule has 0 atom stereocenters. The molecule has 10 heteroatoms. The van der Waals surface area contributed by atoms with Gasteiger partial charge < -0.3 is 14.5 Å². The Morgan fingerprint density at radius 3 is 2.35 bits per heavy atom. The minimum Gasteiger partial charge on any atom is -0.444 e. The number of non-ortho nitro benzene ring substituents is 1. The maximum atomic E-state index is 12.2. The highest BCUT2D eigenvalue weighted by Crippen LogP contribution is 2.24. The summed E-state index contributed by atoms with van der Waals surface area (Å²) in [5.41, 5.74) is 0.360. The first kappa shape index (κ1) is 20.6. The van der Waals surface area contributed by atoms with E-state index in [4.69, 9.17) is 4.74 Å². The van der Waals surface area contributed by atoms with Crippen LogP contribution in [0.2, 0.25) is 0 Å². The van der Waals surface area contributed by atoms with Crippen molar-refractivity contribution in [2.75, 3.05) is 31.1 Å². The van der Waals surface area contributed by atoms with Crippen LogP contribution in [0.5, 0.6) is 0 Å². The van der Waals surface area contributed by atoms with Crippen molar-refractivity contribution in [2.45, 2.75) is 26.4 Å². The third-order valence-corrected chi connectivity index (χ3v) is 5.01. The number of nitro benzene ring substituents is 1. The molecule has 10 nitrogen and oxygen atoms in total. The fraction of sp³-hybridized carbons (Fsp3) is 0.381. The Hall–Kier alpha value is -3.69. The molecule has 1 amide bonds. The predicted octanol–water partition coefficient (Wildman–Crippen LogP) is 3.39. The van der Waals surface area contributed by atoms with E-state index in [0.717, 1.165) is 16.7 Å². The maximum Gasteiger partial charge on any atom is 0.410 e. The number of carbonyl (C=O) groups excluding carboxylic acids is 1. The van der Waals surface area contributed by atoms with E-state index in [1.807, 2.05) is 37.6 Å². The second kappa shape index (κ2) is 7.86. The molecule has 0 spiro atoms. The van der Waals surface area contributed by atoms with Gasteiger partial charge in [-0.2, -0.15) is 0 Å². The first-order valence-electron chi connectivity index (χ1n) is 10.0. The van der Waals surface area contributed by atoms with E-state index < -0.39 is 10.5 Å². The highest BCUT2D eigenvalue weighted by molar-refractivity contribution is 5.83. The fourth-order valence-corrected chi connectivity index (χ4v) is 3.49. The Morgan fingerprint density at radius 2 is 1.74 bits per heavy atom. The van der Waals surface area contributed by atoms with Crippen LogP contribution in [0.25, 0.3) is 16.7 Å². The SMILES string of the molecule is CC(C)(C)OC(=O)N1CCN(c2cnc(-n3ccc4cc([N+](=O)[O-])ccc43)cn2)CC1. The van der Waals surface area contributed by atoms with Crippen molar-refractivity contribution in [1.29, 1.82) is 0 Å². The molecule has 3 heterocycles. The van der Waals surface area contributed by atoms with E-state index in [2.05, 4.69) is 14.9 Å². The lowest BCUT2D eigenvalue weighted by molar-refractivity contribution is -0.384. The number of piperazine rings is 1. The minimum atomic E-state index is -0.511. The van der Waals surface area contributed by atoms with Gasteiger partial charge in [0.1, 0.15) is 11.4 Å². The quantitative estimate of drug-likeness (QED) is 0.468. The molecule has 2 aromatic heterocycles. The molecule has 31 heavy (non-hydrogen) atoms. The van der Waals surface area contributed by atoms with Crippen molar-refractivity contribution in [3.8, 4) is 5.82 Å². The van der Waals surface area contributed by atoms with Crippen molar-refractivity contribution in [1.82, 2.24) is 19.4 Å². The lowest BCUT2D eigenvalue weighted by Gasteiger charge is -2.36. The molecule has 0 aliphatic carbocycles.